The molecule has 1 aromatic heterocycles. The molecule has 29 heavy (non-hydrogen) atoms. The van der Waals surface area contributed by atoms with E-state index in [-0.39, 0.29) is 5.91 Å². The third-order valence-corrected chi connectivity index (χ3v) is 4.86. The first-order valence-corrected chi connectivity index (χ1v) is 9.49. The largest absolute Gasteiger partial charge is 0.493 e. The van der Waals surface area contributed by atoms with Gasteiger partial charge in [0.25, 0.3) is 0 Å². The van der Waals surface area contributed by atoms with Gasteiger partial charge in [0.05, 0.1) is 14.2 Å². The van der Waals surface area contributed by atoms with Gasteiger partial charge in [-0.15, -0.1) is 0 Å². The van der Waals surface area contributed by atoms with Crippen LogP contribution in [0.2, 0.25) is 5.02 Å². The molecule has 8 heteroatoms. The fourth-order valence-electron chi connectivity index (χ4n) is 2.80. The minimum Gasteiger partial charge on any atom is -0.493 e. The molecular weight excluding hydrogens is 394 g/mol. The molecule has 152 valence electrons. The Bertz CT molecular complexity index is 1000. The maximum atomic E-state index is 12.2. The van der Waals surface area contributed by atoms with Crippen molar-refractivity contribution < 1.29 is 18.8 Å². The van der Waals surface area contributed by atoms with Gasteiger partial charge in [-0.25, -0.2) is 0 Å². The standard InChI is InChI=1S/C21H22ClN3O4/c1-13-15(22)6-4-7-16(13)23-19(26)8-5-9-20-24-21(25-29-20)14-10-11-17(27-2)18(12-14)28-3/h4,6-7,10-12H,5,8-9H2,1-3H3,(H,23,26). The lowest BCUT2D eigenvalue weighted by Crippen LogP contribution is -2.12. The molecule has 1 N–H and O–H groups in total. The molecule has 1 heterocycles. The van der Waals surface area contributed by atoms with Crippen molar-refractivity contribution in [1.29, 1.82) is 0 Å². The second-order valence-corrected chi connectivity index (χ2v) is 6.80. The van der Waals surface area contributed by atoms with E-state index in [4.69, 9.17) is 25.6 Å². The molecule has 0 fully saturated rings. The van der Waals surface area contributed by atoms with Crippen LogP contribution < -0.4 is 14.8 Å². The van der Waals surface area contributed by atoms with Gasteiger partial charge in [0.15, 0.2) is 11.5 Å². The second kappa shape index (κ2) is 9.43. The predicted octanol–water partition coefficient (Wildman–Crippen LogP) is 4.68. The molecule has 7 nitrogen and oxygen atoms in total. The van der Waals surface area contributed by atoms with E-state index in [1.165, 1.54) is 0 Å². The van der Waals surface area contributed by atoms with E-state index >= 15 is 0 Å². The van der Waals surface area contributed by atoms with Gasteiger partial charge in [0.1, 0.15) is 0 Å². The molecule has 3 rings (SSSR count). The summed E-state index contributed by atoms with van der Waals surface area (Å²) in [6.07, 6.45) is 1.42. The zero-order valence-electron chi connectivity index (χ0n) is 16.5. The van der Waals surface area contributed by atoms with E-state index in [0.29, 0.717) is 47.5 Å². The Kier molecular flexibility index (Phi) is 6.72. The molecule has 0 saturated carbocycles. The number of hydrogen-bond donors (Lipinski definition) is 1. The minimum absolute atomic E-state index is 0.0880. The van der Waals surface area contributed by atoms with Gasteiger partial charge in [-0.05, 0) is 49.2 Å². The van der Waals surface area contributed by atoms with Crippen LogP contribution in [0.5, 0.6) is 11.5 Å². The van der Waals surface area contributed by atoms with Gasteiger partial charge in [0.2, 0.25) is 17.6 Å². The summed E-state index contributed by atoms with van der Waals surface area (Å²) < 4.78 is 15.8. The van der Waals surface area contributed by atoms with E-state index in [1.54, 1.807) is 38.5 Å². The number of halogens is 1. The summed E-state index contributed by atoms with van der Waals surface area (Å²) in [7, 11) is 3.15. The van der Waals surface area contributed by atoms with Crippen LogP contribution in [0.1, 0.15) is 24.3 Å². The molecule has 0 unspecified atom stereocenters. The third kappa shape index (κ3) is 5.06. The number of benzene rings is 2. The highest BCUT2D eigenvalue weighted by atomic mass is 35.5. The lowest BCUT2D eigenvalue weighted by Gasteiger charge is -2.09. The number of ether oxygens (including phenoxy) is 2. The summed E-state index contributed by atoms with van der Waals surface area (Å²) >= 11 is 6.08. The number of hydrogen-bond acceptors (Lipinski definition) is 6. The highest BCUT2D eigenvalue weighted by molar-refractivity contribution is 6.31. The number of nitrogens with zero attached hydrogens (tertiary/aromatic N) is 2. The van der Waals surface area contributed by atoms with Gasteiger partial charge < -0.3 is 19.3 Å². The Morgan fingerprint density at radius 2 is 1.97 bits per heavy atom. The number of carbonyl (C=O) groups is 1. The molecular formula is C21H22ClN3O4. The Hall–Kier alpha value is -3.06. The van der Waals surface area contributed by atoms with Gasteiger partial charge in [-0.1, -0.05) is 22.8 Å². The van der Waals surface area contributed by atoms with Crippen molar-refractivity contribution in [3.8, 4) is 22.9 Å². The number of methoxy groups -OCH3 is 2. The third-order valence-electron chi connectivity index (χ3n) is 4.45. The lowest BCUT2D eigenvalue weighted by molar-refractivity contribution is -0.116. The molecule has 0 aliphatic carbocycles. The van der Waals surface area contributed by atoms with E-state index in [9.17, 15) is 4.79 Å². The SMILES string of the molecule is COc1ccc(-c2noc(CCCC(=O)Nc3cccc(Cl)c3C)n2)cc1OC. The summed E-state index contributed by atoms with van der Waals surface area (Å²) in [5.41, 5.74) is 2.32. The lowest BCUT2D eigenvalue weighted by atomic mass is 10.1. The van der Waals surface area contributed by atoms with Crippen LogP contribution in [-0.4, -0.2) is 30.3 Å². The van der Waals surface area contributed by atoms with Crippen LogP contribution in [0.25, 0.3) is 11.4 Å². The van der Waals surface area contributed by atoms with Crippen molar-refractivity contribution in [3.05, 3.63) is 52.9 Å². The van der Waals surface area contributed by atoms with Crippen molar-refractivity contribution in [3.63, 3.8) is 0 Å². The quantitative estimate of drug-likeness (QED) is 0.575. The van der Waals surface area contributed by atoms with Gasteiger partial charge in [-0.2, -0.15) is 4.98 Å². The van der Waals surface area contributed by atoms with Crippen LogP contribution >= 0.6 is 11.6 Å². The molecule has 0 bridgehead atoms. The fraction of sp³-hybridized carbons (Fsp3) is 0.286. The number of rotatable bonds is 8. The van der Waals surface area contributed by atoms with Crippen LogP contribution in [0, 0.1) is 6.92 Å². The maximum absolute atomic E-state index is 12.2. The molecule has 0 aliphatic rings. The molecule has 3 aromatic rings. The maximum Gasteiger partial charge on any atom is 0.226 e. The molecule has 0 saturated heterocycles. The Labute approximate surface area is 174 Å². The van der Waals surface area contributed by atoms with E-state index in [0.717, 1.165) is 16.8 Å². The minimum atomic E-state index is -0.0880. The van der Waals surface area contributed by atoms with Crippen LogP contribution in [0.15, 0.2) is 40.9 Å². The first-order valence-electron chi connectivity index (χ1n) is 9.11. The first-order chi connectivity index (χ1) is 14.0. The Balaban J connectivity index is 1.55. The van der Waals surface area contributed by atoms with Crippen molar-refractivity contribution in [1.82, 2.24) is 10.1 Å². The van der Waals surface area contributed by atoms with Crippen molar-refractivity contribution >= 4 is 23.2 Å². The second-order valence-electron chi connectivity index (χ2n) is 6.40. The number of nitrogens with one attached hydrogen (secondary N) is 1. The summed E-state index contributed by atoms with van der Waals surface area (Å²) in [5, 5.41) is 7.50. The molecule has 1 amide bonds. The number of anilines is 1. The van der Waals surface area contributed by atoms with E-state index < -0.39 is 0 Å². The van der Waals surface area contributed by atoms with Gasteiger partial charge in [-0.3, -0.25) is 4.79 Å². The average Bonchev–Trinajstić information content (AvgIpc) is 3.19. The highest BCUT2D eigenvalue weighted by Gasteiger charge is 2.13. The molecule has 0 aliphatic heterocycles. The number of aryl methyl sites for hydroxylation is 1. The summed E-state index contributed by atoms with van der Waals surface area (Å²) in [6, 6.07) is 10.8. The van der Waals surface area contributed by atoms with Gasteiger partial charge >= 0.3 is 0 Å². The van der Waals surface area contributed by atoms with Crippen molar-refractivity contribution in [2.75, 3.05) is 19.5 Å². The summed E-state index contributed by atoms with van der Waals surface area (Å²) in [6.45, 7) is 1.87. The topological polar surface area (TPSA) is 86.5 Å². The number of amides is 1. The summed E-state index contributed by atoms with van der Waals surface area (Å²) in [4.78, 5) is 16.6. The Morgan fingerprint density at radius 3 is 2.72 bits per heavy atom. The molecule has 2 aromatic carbocycles. The molecule has 0 spiro atoms. The van der Waals surface area contributed by atoms with Crippen LogP contribution in [0.3, 0.4) is 0 Å². The highest BCUT2D eigenvalue weighted by Crippen LogP contribution is 2.31. The molecule has 0 atom stereocenters. The summed E-state index contributed by atoms with van der Waals surface area (Å²) in [5.74, 6) is 2.06. The fourth-order valence-corrected chi connectivity index (χ4v) is 2.98. The van der Waals surface area contributed by atoms with Crippen molar-refractivity contribution in [2.24, 2.45) is 0 Å². The average molecular weight is 416 g/mol. The number of carbonyl (C=O) groups excluding carboxylic acids is 1. The van der Waals surface area contributed by atoms with Crippen molar-refractivity contribution in [2.45, 2.75) is 26.2 Å². The molecule has 0 radical (unpaired) electrons. The van der Waals surface area contributed by atoms with E-state index in [2.05, 4.69) is 15.5 Å². The van der Waals surface area contributed by atoms with Gasteiger partial charge in [0, 0.05) is 29.1 Å². The van der Waals surface area contributed by atoms with E-state index in [1.807, 2.05) is 19.1 Å². The Morgan fingerprint density at radius 1 is 1.17 bits per heavy atom. The van der Waals surface area contributed by atoms with Crippen LogP contribution in [0.4, 0.5) is 5.69 Å². The normalized spacial score (nSPS) is 10.6. The van der Waals surface area contributed by atoms with Crippen LogP contribution in [-0.2, 0) is 11.2 Å². The zero-order valence-corrected chi connectivity index (χ0v) is 17.2. The monoisotopic (exact) mass is 415 g/mol. The smallest absolute Gasteiger partial charge is 0.226 e. The zero-order chi connectivity index (χ0) is 20.8. The number of aromatic nitrogens is 2. The predicted molar refractivity (Wildman–Crippen MR) is 111 cm³/mol. The first kappa shape index (κ1) is 20.7.